The lowest BCUT2D eigenvalue weighted by molar-refractivity contribution is -0.193. The predicted octanol–water partition coefficient (Wildman–Crippen LogP) is 7.41. The van der Waals surface area contributed by atoms with Gasteiger partial charge in [-0.1, -0.05) is 63.0 Å². The highest BCUT2D eigenvalue weighted by Gasteiger charge is 2.37. The van der Waals surface area contributed by atoms with Crippen molar-refractivity contribution in [3.8, 4) is 11.5 Å². The van der Waals surface area contributed by atoms with Crippen LogP contribution >= 0.6 is 31.9 Å². The van der Waals surface area contributed by atoms with E-state index in [4.69, 9.17) is 28.7 Å². The Balaban J connectivity index is 0.000000244. The van der Waals surface area contributed by atoms with E-state index in [0.29, 0.717) is 19.6 Å². The second-order valence-corrected chi connectivity index (χ2v) is 13.1. The minimum absolute atomic E-state index is 0.0464. The summed E-state index contributed by atoms with van der Waals surface area (Å²) in [7, 11) is 3.30. The van der Waals surface area contributed by atoms with Crippen molar-refractivity contribution in [2.45, 2.75) is 32.5 Å². The van der Waals surface area contributed by atoms with Crippen molar-refractivity contribution in [2.24, 2.45) is 0 Å². The van der Waals surface area contributed by atoms with E-state index in [9.17, 15) is 9.59 Å². The summed E-state index contributed by atoms with van der Waals surface area (Å²) in [6.45, 7) is 5.50. The van der Waals surface area contributed by atoms with Gasteiger partial charge in [-0.2, -0.15) is 19.2 Å². The average Bonchev–Trinajstić information content (AvgIpc) is 3.67. The van der Waals surface area contributed by atoms with Crippen LogP contribution in [0.4, 0.5) is 21.0 Å². The maximum absolute atomic E-state index is 12.9. The molecule has 1 unspecified atom stereocenters. The molecule has 52 heavy (non-hydrogen) atoms. The molecule has 0 N–H and O–H groups in total. The van der Waals surface area contributed by atoms with E-state index < -0.39 is 0 Å². The lowest BCUT2D eigenvalue weighted by atomic mass is 10.2. The summed E-state index contributed by atoms with van der Waals surface area (Å²) in [4.78, 5) is 65.5. The number of nitrogens with zero attached hydrogens (tertiary/aromatic N) is 4. The Labute approximate surface area is 319 Å². The Kier molecular flexibility index (Phi) is 16.8. The predicted molar refractivity (Wildman–Crippen MR) is 200 cm³/mol. The van der Waals surface area contributed by atoms with Gasteiger partial charge in [-0.3, -0.25) is 9.80 Å². The number of rotatable bonds is 9. The number of benzene rings is 4. The molecule has 4 amide bonds. The number of ether oxygens (including phenoxy) is 2. The topological polar surface area (TPSA) is 134 Å². The molecule has 2 saturated heterocycles. The molecule has 2 aliphatic rings. The van der Waals surface area contributed by atoms with Gasteiger partial charge < -0.3 is 19.3 Å². The molecule has 0 aliphatic carbocycles. The molecule has 0 saturated carbocycles. The Morgan fingerprint density at radius 2 is 1.12 bits per heavy atom. The van der Waals surface area contributed by atoms with Gasteiger partial charge >= 0.3 is 24.4 Å². The third kappa shape index (κ3) is 11.6. The van der Waals surface area contributed by atoms with E-state index in [1.165, 1.54) is 0 Å². The number of hydrogen-bond acceptors (Lipinski definition) is 8. The third-order valence-corrected chi connectivity index (χ3v) is 9.15. The molecule has 14 heteroatoms. The van der Waals surface area contributed by atoms with Crippen LogP contribution < -0.4 is 19.3 Å². The maximum atomic E-state index is 12.9. The standard InChI is InChI=1S/C19H21BrN2O2.C17H17BrN2O2.2CO2/c1-3-16-13-21(12-14-5-4-6-18(11-14)24-2)19(23)22(16)17-9-7-15(20)8-10-17;1-22-16-4-2-3-13(11-16)12-19-9-10-20(17(19)21)15-7-5-14(18)6-8-15;2*2-1-3/h4-11,16H,3,12-13H2,1-2H3;2-8,11H,9-10,12H2,1H3;;. The van der Waals surface area contributed by atoms with Crippen LogP contribution in [0.5, 0.6) is 11.5 Å². The summed E-state index contributed by atoms with van der Waals surface area (Å²) in [5.41, 5.74) is 4.03. The van der Waals surface area contributed by atoms with E-state index in [2.05, 4.69) is 38.8 Å². The van der Waals surface area contributed by atoms with Crippen LogP contribution in [0.15, 0.2) is 106 Å². The van der Waals surface area contributed by atoms with Crippen LogP contribution in [-0.4, -0.2) is 74.1 Å². The van der Waals surface area contributed by atoms with Crippen molar-refractivity contribution in [1.82, 2.24) is 9.80 Å². The average molecular weight is 839 g/mol. The van der Waals surface area contributed by atoms with Crippen molar-refractivity contribution in [3.63, 3.8) is 0 Å². The molecule has 0 bridgehead atoms. The van der Waals surface area contributed by atoms with Gasteiger partial charge in [0.25, 0.3) is 0 Å². The number of amides is 4. The van der Waals surface area contributed by atoms with Crippen LogP contribution in [0.1, 0.15) is 24.5 Å². The molecule has 0 radical (unpaired) electrons. The van der Waals surface area contributed by atoms with E-state index in [-0.39, 0.29) is 30.4 Å². The van der Waals surface area contributed by atoms with Crippen LogP contribution in [0, 0.1) is 0 Å². The summed E-state index contributed by atoms with van der Waals surface area (Å²) < 4.78 is 12.5. The van der Waals surface area contributed by atoms with E-state index >= 15 is 0 Å². The van der Waals surface area contributed by atoms with Crippen molar-refractivity contribution in [3.05, 3.63) is 117 Å². The number of methoxy groups -OCH3 is 2. The number of hydrogen-bond donors (Lipinski definition) is 0. The second kappa shape index (κ2) is 21.2. The van der Waals surface area contributed by atoms with Crippen LogP contribution in [0.25, 0.3) is 0 Å². The fraction of sp³-hybridized carbons (Fsp3) is 0.263. The molecule has 4 aromatic carbocycles. The highest BCUT2D eigenvalue weighted by atomic mass is 79.9. The quantitative estimate of drug-likeness (QED) is 0.170. The number of halogens is 2. The van der Waals surface area contributed by atoms with Gasteiger partial charge in [-0.25, -0.2) is 9.59 Å². The molecule has 0 spiro atoms. The molecule has 0 aromatic heterocycles. The number of carbonyl (C=O) groups excluding carboxylic acids is 6. The molecule has 272 valence electrons. The first-order chi connectivity index (χ1) is 25.1. The minimum Gasteiger partial charge on any atom is -0.497 e. The van der Waals surface area contributed by atoms with E-state index in [0.717, 1.165) is 62.5 Å². The minimum atomic E-state index is 0.0464. The van der Waals surface area contributed by atoms with E-state index in [1.807, 2.05) is 117 Å². The SMILES string of the molecule is CCC1CN(Cc2cccc(OC)c2)C(=O)N1c1ccc(Br)cc1.COc1cccc(CN2CCN(c3ccc(Br)cc3)C2=O)c1.O=C=O.O=C=O. The number of urea groups is 2. The monoisotopic (exact) mass is 836 g/mol. The Morgan fingerprint density at radius 3 is 1.58 bits per heavy atom. The summed E-state index contributed by atoms with van der Waals surface area (Å²) in [5.74, 6) is 1.63. The number of carbonyl (C=O) groups is 2. The highest BCUT2D eigenvalue weighted by molar-refractivity contribution is 9.10. The molecule has 6 rings (SSSR count). The summed E-state index contributed by atoms with van der Waals surface area (Å²) in [6.07, 6.45) is 1.43. The molecular formula is C38H38Br2N4O8. The number of anilines is 2. The zero-order valence-corrected chi connectivity index (χ0v) is 32.0. The highest BCUT2D eigenvalue weighted by Crippen LogP contribution is 2.29. The van der Waals surface area contributed by atoms with Gasteiger partial charge in [-0.05, 0) is 90.3 Å². The first kappa shape index (κ1) is 41.2. The molecule has 12 nitrogen and oxygen atoms in total. The fourth-order valence-corrected chi connectivity index (χ4v) is 6.19. The normalized spacial score (nSPS) is 14.5. The van der Waals surface area contributed by atoms with Crippen molar-refractivity contribution < 1.29 is 38.2 Å². The Hall–Kier alpha value is -5.26. The Morgan fingerprint density at radius 1 is 0.654 bits per heavy atom. The smallest absolute Gasteiger partial charge is 0.373 e. The first-order valence-electron chi connectivity index (χ1n) is 16.0. The van der Waals surface area contributed by atoms with Gasteiger partial charge in [0.05, 0.1) is 20.3 Å². The van der Waals surface area contributed by atoms with Crippen LogP contribution in [-0.2, 0) is 32.3 Å². The molecule has 2 aliphatic heterocycles. The zero-order chi connectivity index (χ0) is 38.0. The summed E-state index contributed by atoms with van der Waals surface area (Å²) in [5, 5.41) is 0. The van der Waals surface area contributed by atoms with Gasteiger partial charge in [0.15, 0.2) is 0 Å². The van der Waals surface area contributed by atoms with Crippen LogP contribution in [0.2, 0.25) is 0 Å². The van der Waals surface area contributed by atoms with Gasteiger partial charge in [0.1, 0.15) is 11.5 Å². The second-order valence-electron chi connectivity index (χ2n) is 11.3. The largest absolute Gasteiger partial charge is 0.497 e. The zero-order valence-electron chi connectivity index (χ0n) is 28.9. The van der Waals surface area contributed by atoms with E-state index in [1.54, 1.807) is 14.2 Å². The lowest BCUT2D eigenvalue weighted by Gasteiger charge is -2.22. The van der Waals surface area contributed by atoms with Crippen LogP contribution in [0.3, 0.4) is 0 Å². The lowest BCUT2D eigenvalue weighted by Crippen LogP contribution is -2.34. The molecular weight excluding hydrogens is 800 g/mol. The maximum Gasteiger partial charge on any atom is 0.373 e. The van der Waals surface area contributed by atoms with Gasteiger partial charge in [0.2, 0.25) is 0 Å². The molecule has 4 aromatic rings. The Bertz CT molecular complexity index is 1820. The molecule has 1 atom stereocenters. The summed E-state index contributed by atoms with van der Waals surface area (Å²) >= 11 is 6.86. The third-order valence-electron chi connectivity index (χ3n) is 8.10. The fourth-order valence-electron chi connectivity index (χ4n) is 5.66. The van der Waals surface area contributed by atoms with Crippen molar-refractivity contribution in [1.29, 1.82) is 0 Å². The first-order valence-corrected chi connectivity index (χ1v) is 17.6. The summed E-state index contributed by atoms with van der Waals surface area (Å²) in [6, 6.07) is 31.8. The van der Waals surface area contributed by atoms with Gasteiger partial charge in [-0.15, -0.1) is 0 Å². The van der Waals surface area contributed by atoms with Crippen molar-refractivity contribution >= 4 is 67.6 Å². The molecule has 2 heterocycles. The molecule has 2 fully saturated rings. The van der Waals surface area contributed by atoms with Gasteiger partial charge in [0, 0.05) is 53.0 Å². The van der Waals surface area contributed by atoms with Crippen molar-refractivity contribution in [2.75, 3.05) is 43.7 Å².